The fourth-order valence-corrected chi connectivity index (χ4v) is 4.67. The van der Waals surface area contributed by atoms with Crippen LogP contribution in [0, 0.1) is 0 Å². The second-order valence-electron chi connectivity index (χ2n) is 3.79. The molecule has 2 aromatic rings. The van der Waals surface area contributed by atoms with Gasteiger partial charge in [0.25, 0.3) is 0 Å². The molecule has 0 unspecified atom stereocenters. The summed E-state index contributed by atoms with van der Waals surface area (Å²) in [4.78, 5) is 11.6. The monoisotopic (exact) mass is 360 g/mol. The summed E-state index contributed by atoms with van der Waals surface area (Å²) >= 11 is 4.64. The second kappa shape index (κ2) is 5.44. The molecule has 0 radical (unpaired) electrons. The maximum absolute atomic E-state index is 12.1. The van der Waals surface area contributed by atoms with Crippen LogP contribution in [0.3, 0.4) is 0 Å². The zero-order valence-corrected chi connectivity index (χ0v) is 12.8. The molecule has 0 aliphatic heterocycles. The van der Waals surface area contributed by atoms with Crippen LogP contribution in [-0.4, -0.2) is 19.5 Å². The predicted molar refractivity (Wildman–Crippen MR) is 76.3 cm³/mol. The zero-order valence-electron chi connectivity index (χ0n) is 9.54. The number of halogens is 1. The highest BCUT2D eigenvalue weighted by molar-refractivity contribution is 9.11. The van der Waals surface area contributed by atoms with E-state index in [1.54, 1.807) is 12.1 Å². The van der Waals surface area contributed by atoms with Gasteiger partial charge < -0.3 is 5.11 Å². The van der Waals surface area contributed by atoms with E-state index in [2.05, 4.69) is 15.9 Å². The molecule has 100 valence electrons. The van der Waals surface area contributed by atoms with Crippen LogP contribution in [0.5, 0.6) is 0 Å². The Morgan fingerprint density at radius 1 is 1.16 bits per heavy atom. The lowest BCUT2D eigenvalue weighted by Gasteiger charge is -2.03. The Kier molecular flexibility index (Phi) is 4.07. The molecule has 0 saturated carbocycles. The molecule has 1 N–H and O–H groups in total. The van der Waals surface area contributed by atoms with Crippen LogP contribution in [0.15, 0.2) is 45.1 Å². The van der Waals surface area contributed by atoms with Crippen molar-refractivity contribution in [2.75, 3.05) is 0 Å². The van der Waals surface area contributed by atoms with Crippen molar-refractivity contribution >= 4 is 43.1 Å². The summed E-state index contributed by atoms with van der Waals surface area (Å²) in [6.45, 7) is 0. The number of hydrogen-bond donors (Lipinski definition) is 1. The van der Waals surface area contributed by atoms with Gasteiger partial charge in [-0.2, -0.15) is 0 Å². The van der Waals surface area contributed by atoms with E-state index in [9.17, 15) is 13.2 Å². The minimum Gasteiger partial charge on any atom is -0.478 e. The number of thiophene rings is 1. The summed E-state index contributed by atoms with van der Waals surface area (Å²) in [6.07, 6.45) is 0. The lowest BCUT2D eigenvalue weighted by atomic mass is 10.2. The van der Waals surface area contributed by atoms with Crippen LogP contribution in [0.4, 0.5) is 0 Å². The molecule has 0 aliphatic rings. The smallest absolute Gasteiger partial charge is 0.335 e. The first-order chi connectivity index (χ1) is 8.88. The zero-order chi connectivity index (χ0) is 14.0. The minimum atomic E-state index is -3.45. The molecule has 2 rings (SSSR count). The van der Waals surface area contributed by atoms with Crippen LogP contribution in [0.1, 0.15) is 15.2 Å². The standard InChI is InChI=1S/C12H9BrO4S2/c13-11-6-3-9(18-11)7-19(16,17)10-4-1-8(2-5-10)12(14)15/h1-6H,7H2,(H,14,15). The van der Waals surface area contributed by atoms with E-state index in [0.29, 0.717) is 0 Å². The number of hydrogen-bond acceptors (Lipinski definition) is 4. The molecule has 1 heterocycles. The highest BCUT2D eigenvalue weighted by Crippen LogP contribution is 2.26. The minimum absolute atomic E-state index is 0.0674. The Balaban J connectivity index is 2.26. The van der Waals surface area contributed by atoms with Crippen molar-refractivity contribution in [2.45, 2.75) is 10.6 Å². The number of rotatable bonds is 4. The molecule has 0 aliphatic carbocycles. The Morgan fingerprint density at radius 3 is 2.26 bits per heavy atom. The van der Waals surface area contributed by atoms with E-state index >= 15 is 0 Å². The van der Waals surface area contributed by atoms with E-state index < -0.39 is 15.8 Å². The number of aromatic carboxylic acids is 1. The SMILES string of the molecule is O=C(O)c1ccc(S(=O)(=O)Cc2ccc(Br)s2)cc1. The van der Waals surface area contributed by atoms with Crippen molar-refractivity contribution in [1.29, 1.82) is 0 Å². The summed E-state index contributed by atoms with van der Waals surface area (Å²) in [6, 6.07) is 8.77. The van der Waals surface area contributed by atoms with E-state index in [1.807, 2.05) is 0 Å². The molecular formula is C12H9BrO4S2. The molecule has 0 saturated heterocycles. The summed E-state index contributed by atoms with van der Waals surface area (Å²) < 4.78 is 25.1. The Bertz CT molecular complexity index is 702. The Hall–Kier alpha value is -1.18. The first-order valence-corrected chi connectivity index (χ1v) is 8.45. The third kappa shape index (κ3) is 3.43. The Labute approximate surface area is 122 Å². The molecule has 0 atom stereocenters. The highest BCUT2D eigenvalue weighted by atomic mass is 79.9. The first-order valence-electron chi connectivity index (χ1n) is 5.19. The summed E-state index contributed by atoms with van der Waals surface area (Å²) in [5.41, 5.74) is 0.0674. The molecule has 19 heavy (non-hydrogen) atoms. The lowest BCUT2D eigenvalue weighted by molar-refractivity contribution is 0.0697. The van der Waals surface area contributed by atoms with Gasteiger partial charge >= 0.3 is 5.97 Å². The van der Waals surface area contributed by atoms with E-state index in [1.165, 1.54) is 35.6 Å². The molecule has 0 amide bonds. The van der Waals surface area contributed by atoms with E-state index in [-0.39, 0.29) is 16.2 Å². The number of carbonyl (C=O) groups is 1. The maximum atomic E-state index is 12.1. The topological polar surface area (TPSA) is 71.4 Å². The molecule has 1 aromatic carbocycles. The largest absolute Gasteiger partial charge is 0.478 e. The van der Waals surface area contributed by atoms with Crippen molar-refractivity contribution < 1.29 is 18.3 Å². The maximum Gasteiger partial charge on any atom is 0.335 e. The third-order valence-corrected chi connectivity index (χ3v) is 5.91. The van der Waals surface area contributed by atoms with Crippen LogP contribution in [0.2, 0.25) is 0 Å². The van der Waals surface area contributed by atoms with Gasteiger partial charge in [0.15, 0.2) is 9.84 Å². The predicted octanol–water partition coefficient (Wildman–Crippen LogP) is 3.18. The van der Waals surface area contributed by atoms with Gasteiger partial charge in [0.1, 0.15) is 0 Å². The summed E-state index contributed by atoms with van der Waals surface area (Å²) in [7, 11) is -3.45. The van der Waals surface area contributed by atoms with E-state index in [0.717, 1.165) is 8.66 Å². The average Bonchev–Trinajstić information content (AvgIpc) is 2.74. The summed E-state index contributed by atoms with van der Waals surface area (Å²) in [5, 5.41) is 8.76. The lowest BCUT2D eigenvalue weighted by Crippen LogP contribution is -2.04. The first kappa shape index (κ1) is 14.2. The quantitative estimate of drug-likeness (QED) is 0.908. The van der Waals surface area contributed by atoms with Gasteiger partial charge in [-0.15, -0.1) is 11.3 Å². The average molecular weight is 361 g/mol. The number of sulfone groups is 1. The van der Waals surface area contributed by atoms with Crippen molar-refractivity contribution in [3.8, 4) is 0 Å². The molecule has 0 spiro atoms. The van der Waals surface area contributed by atoms with Crippen molar-refractivity contribution in [3.05, 3.63) is 50.6 Å². The van der Waals surface area contributed by atoms with E-state index in [4.69, 9.17) is 5.11 Å². The highest BCUT2D eigenvalue weighted by Gasteiger charge is 2.17. The van der Waals surface area contributed by atoms with Gasteiger partial charge in [-0.3, -0.25) is 0 Å². The molecule has 0 bridgehead atoms. The third-order valence-electron chi connectivity index (χ3n) is 2.42. The van der Waals surface area contributed by atoms with Crippen LogP contribution in [0.25, 0.3) is 0 Å². The molecular weight excluding hydrogens is 352 g/mol. The number of carboxylic acid groups (broad SMARTS) is 1. The molecule has 0 fully saturated rings. The number of benzene rings is 1. The van der Waals surface area contributed by atoms with Gasteiger partial charge in [-0.05, 0) is 52.3 Å². The van der Waals surface area contributed by atoms with Gasteiger partial charge in [-0.25, -0.2) is 13.2 Å². The van der Waals surface area contributed by atoms with Gasteiger partial charge in [0, 0.05) is 4.88 Å². The van der Waals surface area contributed by atoms with Crippen molar-refractivity contribution in [2.24, 2.45) is 0 Å². The number of carboxylic acids is 1. The van der Waals surface area contributed by atoms with Crippen LogP contribution in [-0.2, 0) is 15.6 Å². The van der Waals surface area contributed by atoms with Gasteiger partial charge in [0.2, 0.25) is 0 Å². The van der Waals surface area contributed by atoms with Crippen molar-refractivity contribution in [1.82, 2.24) is 0 Å². The van der Waals surface area contributed by atoms with Crippen molar-refractivity contribution in [3.63, 3.8) is 0 Å². The van der Waals surface area contributed by atoms with Gasteiger partial charge in [-0.1, -0.05) is 0 Å². The second-order valence-corrected chi connectivity index (χ2v) is 8.33. The van der Waals surface area contributed by atoms with Crippen LogP contribution >= 0.6 is 27.3 Å². The van der Waals surface area contributed by atoms with Gasteiger partial charge in [0.05, 0.1) is 20.0 Å². The normalized spacial score (nSPS) is 11.4. The summed E-state index contributed by atoms with van der Waals surface area (Å²) in [5.74, 6) is -1.17. The Morgan fingerprint density at radius 2 is 1.79 bits per heavy atom. The van der Waals surface area contributed by atoms with Crippen LogP contribution < -0.4 is 0 Å². The fourth-order valence-electron chi connectivity index (χ4n) is 1.50. The molecule has 7 heteroatoms. The molecule has 4 nitrogen and oxygen atoms in total. The molecule has 1 aromatic heterocycles. The fraction of sp³-hybridized carbons (Fsp3) is 0.0833.